The van der Waals surface area contributed by atoms with Gasteiger partial charge < -0.3 is 10.3 Å². The summed E-state index contributed by atoms with van der Waals surface area (Å²) in [5, 5.41) is 5.15. The number of hydrogen-bond acceptors (Lipinski definition) is 6. The molecule has 126 valence electrons. The van der Waals surface area contributed by atoms with Crippen LogP contribution < -0.4 is 15.6 Å². The summed E-state index contributed by atoms with van der Waals surface area (Å²) in [4.78, 5) is 10.1. The first-order valence-electron chi connectivity index (χ1n) is 8.07. The first-order chi connectivity index (χ1) is 12.0. The molecule has 0 spiro atoms. The van der Waals surface area contributed by atoms with Crippen LogP contribution in [-0.4, -0.2) is 10.1 Å². The number of nitrogen functional groups attached to an aromatic ring is 1. The molecule has 1 aromatic carbocycles. The largest absolute Gasteiger partial charge is 0.397 e. The molecule has 0 bridgehead atoms. The van der Waals surface area contributed by atoms with Gasteiger partial charge in [0.2, 0.25) is 5.82 Å². The molecule has 3 heterocycles. The summed E-state index contributed by atoms with van der Waals surface area (Å²) in [6.45, 7) is 6.26. The SMILES string of the molecule is CC1=C(C)N=c2sc(-c3noc(-c4ccccc4)n3)c(N)c2=C(C)C1. The van der Waals surface area contributed by atoms with Gasteiger partial charge in [-0.2, -0.15) is 4.98 Å². The van der Waals surface area contributed by atoms with Crippen molar-refractivity contribution in [3.05, 3.63) is 51.5 Å². The van der Waals surface area contributed by atoms with Crippen molar-refractivity contribution in [3.8, 4) is 22.2 Å². The highest BCUT2D eigenvalue weighted by atomic mass is 32.1. The van der Waals surface area contributed by atoms with Gasteiger partial charge in [0.05, 0.1) is 5.69 Å². The minimum absolute atomic E-state index is 0.489. The number of benzene rings is 1. The third kappa shape index (κ3) is 2.68. The number of thiophene rings is 1. The van der Waals surface area contributed by atoms with Crippen LogP contribution in [0, 0.1) is 0 Å². The second-order valence-electron chi connectivity index (χ2n) is 6.25. The van der Waals surface area contributed by atoms with Crippen molar-refractivity contribution in [1.82, 2.24) is 10.1 Å². The maximum absolute atomic E-state index is 6.44. The Morgan fingerprint density at radius 2 is 1.84 bits per heavy atom. The van der Waals surface area contributed by atoms with Crippen LogP contribution in [0.25, 0.3) is 27.7 Å². The Morgan fingerprint density at radius 3 is 2.60 bits per heavy atom. The quantitative estimate of drug-likeness (QED) is 0.767. The molecule has 5 nitrogen and oxygen atoms in total. The number of allylic oxidation sites excluding steroid dienone is 2. The molecule has 1 aliphatic rings. The van der Waals surface area contributed by atoms with Gasteiger partial charge in [0, 0.05) is 16.5 Å². The summed E-state index contributed by atoms with van der Waals surface area (Å²) in [6, 6.07) is 9.71. The van der Waals surface area contributed by atoms with Gasteiger partial charge in [-0.3, -0.25) is 0 Å². The molecular formula is C19H18N4OS. The van der Waals surface area contributed by atoms with Crippen molar-refractivity contribution in [2.24, 2.45) is 4.99 Å². The Bertz CT molecular complexity index is 1110. The third-order valence-electron chi connectivity index (χ3n) is 4.42. The Kier molecular flexibility index (Phi) is 3.77. The van der Waals surface area contributed by atoms with Crippen LogP contribution in [0.3, 0.4) is 0 Å². The molecule has 0 aliphatic carbocycles. The van der Waals surface area contributed by atoms with E-state index in [0.717, 1.165) is 32.4 Å². The number of nitrogens with zero attached hydrogens (tertiary/aromatic N) is 3. The number of anilines is 1. The minimum Gasteiger partial charge on any atom is -0.397 e. The molecule has 0 saturated carbocycles. The standard InChI is InChI=1S/C19H18N4OS/c1-10-9-11(2)14-15(20)16(25-19(14)21-12(10)3)17-22-18(24-23-17)13-7-5-4-6-8-13/h4-8H,9,20H2,1-3H3. The number of aromatic nitrogens is 2. The van der Waals surface area contributed by atoms with E-state index >= 15 is 0 Å². The fraction of sp³-hybridized carbons (Fsp3) is 0.211. The van der Waals surface area contributed by atoms with E-state index in [1.807, 2.05) is 37.3 Å². The second-order valence-corrected chi connectivity index (χ2v) is 7.25. The molecule has 6 heteroatoms. The van der Waals surface area contributed by atoms with Gasteiger partial charge in [-0.25, -0.2) is 4.99 Å². The van der Waals surface area contributed by atoms with E-state index in [1.54, 1.807) is 0 Å². The van der Waals surface area contributed by atoms with Crippen molar-refractivity contribution in [1.29, 1.82) is 0 Å². The number of hydrogen-bond donors (Lipinski definition) is 1. The third-order valence-corrected chi connectivity index (χ3v) is 5.52. The normalized spacial score (nSPS) is 14.3. The van der Waals surface area contributed by atoms with Crippen LogP contribution in [0.5, 0.6) is 0 Å². The number of nitrogens with two attached hydrogens (primary N) is 1. The Hall–Kier alpha value is -2.73. The highest BCUT2D eigenvalue weighted by molar-refractivity contribution is 7.13. The van der Waals surface area contributed by atoms with Gasteiger partial charge >= 0.3 is 0 Å². The van der Waals surface area contributed by atoms with Crippen molar-refractivity contribution >= 4 is 22.6 Å². The Morgan fingerprint density at radius 1 is 1.08 bits per heavy atom. The fourth-order valence-corrected chi connectivity index (χ4v) is 4.11. The molecule has 0 atom stereocenters. The molecule has 3 aromatic rings. The summed E-state index contributed by atoms with van der Waals surface area (Å²) in [6.07, 6.45) is 0.879. The monoisotopic (exact) mass is 350 g/mol. The number of fused-ring (bicyclic) bond motifs is 1. The van der Waals surface area contributed by atoms with Crippen LogP contribution >= 0.6 is 11.3 Å². The van der Waals surface area contributed by atoms with E-state index in [9.17, 15) is 0 Å². The van der Waals surface area contributed by atoms with Crippen LogP contribution in [0.15, 0.2) is 51.1 Å². The zero-order chi connectivity index (χ0) is 17.6. The van der Waals surface area contributed by atoms with Gasteiger partial charge in [-0.05, 0) is 44.9 Å². The molecule has 0 radical (unpaired) electrons. The van der Waals surface area contributed by atoms with Crippen molar-refractivity contribution < 1.29 is 4.52 Å². The predicted molar refractivity (Wildman–Crippen MR) is 100 cm³/mol. The highest BCUT2D eigenvalue weighted by Gasteiger charge is 2.19. The lowest BCUT2D eigenvalue weighted by molar-refractivity contribution is 0.432. The first kappa shape index (κ1) is 15.8. The molecular weight excluding hydrogens is 332 g/mol. The van der Waals surface area contributed by atoms with Gasteiger partial charge in [0.1, 0.15) is 9.55 Å². The van der Waals surface area contributed by atoms with E-state index in [2.05, 4.69) is 24.0 Å². The van der Waals surface area contributed by atoms with E-state index in [1.165, 1.54) is 22.5 Å². The molecule has 4 rings (SSSR count). The summed E-state index contributed by atoms with van der Waals surface area (Å²) in [5.74, 6) is 0.999. The van der Waals surface area contributed by atoms with Gasteiger partial charge in [0.15, 0.2) is 0 Å². The molecule has 1 aliphatic heterocycles. The Balaban J connectivity index is 1.88. The maximum Gasteiger partial charge on any atom is 0.258 e. The van der Waals surface area contributed by atoms with E-state index < -0.39 is 0 Å². The molecule has 25 heavy (non-hydrogen) atoms. The predicted octanol–water partition coefficient (Wildman–Crippen LogP) is 3.54. The molecule has 0 amide bonds. The molecule has 2 aromatic heterocycles. The first-order valence-corrected chi connectivity index (χ1v) is 8.89. The molecule has 2 N–H and O–H groups in total. The van der Waals surface area contributed by atoms with E-state index in [0.29, 0.717) is 17.4 Å². The van der Waals surface area contributed by atoms with Crippen LogP contribution in [-0.2, 0) is 0 Å². The lowest BCUT2D eigenvalue weighted by Gasteiger charge is -2.01. The summed E-state index contributed by atoms with van der Waals surface area (Å²) in [5.41, 5.74) is 11.6. The molecule has 0 fully saturated rings. The average Bonchev–Trinajstić information content (AvgIpc) is 3.17. The van der Waals surface area contributed by atoms with Gasteiger partial charge in [0.25, 0.3) is 5.89 Å². The average molecular weight is 350 g/mol. The van der Waals surface area contributed by atoms with Crippen molar-refractivity contribution in [3.63, 3.8) is 0 Å². The summed E-state index contributed by atoms with van der Waals surface area (Å²) in [7, 11) is 0. The van der Waals surface area contributed by atoms with Crippen molar-refractivity contribution in [2.45, 2.75) is 27.2 Å². The van der Waals surface area contributed by atoms with Crippen LogP contribution in [0.2, 0.25) is 0 Å². The maximum atomic E-state index is 6.44. The zero-order valence-electron chi connectivity index (χ0n) is 14.3. The minimum atomic E-state index is 0.489. The van der Waals surface area contributed by atoms with Crippen LogP contribution in [0.1, 0.15) is 27.2 Å². The second kappa shape index (κ2) is 5.97. The highest BCUT2D eigenvalue weighted by Crippen LogP contribution is 2.28. The lowest BCUT2D eigenvalue weighted by Crippen LogP contribution is -2.23. The van der Waals surface area contributed by atoms with Gasteiger partial charge in [-0.15, -0.1) is 11.3 Å². The van der Waals surface area contributed by atoms with Crippen LogP contribution in [0.4, 0.5) is 5.69 Å². The summed E-state index contributed by atoms with van der Waals surface area (Å²) < 4.78 is 6.35. The molecule has 0 saturated heterocycles. The fourth-order valence-electron chi connectivity index (χ4n) is 2.96. The van der Waals surface area contributed by atoms with E-state index in [-0.39, 0.29) is 0 Å². The van der Waals surface area contributed by atoms with Crippen molar-refractivity contribution in [2.75, 3.05) is 5.73 Å². The molecule has 0 unspecified atom stereocenters. The number of rotatable bonds is 2. The zero-order valence-corrected chi connectivity index (χ0v) is 15.1. The lowest BCUT2D eigenvalue weighted by atomic mass is 10.1. The van der Waals surface area contributed by atoms with E-state index in [4.69, 9.17) is 15.2 Å². The van der Waals surface area contributed by atoms with Gasteiger partial charge in [-0.1, -0.05) is 28.9 Å². The Labute approximate surface area is 149 Å². The smallest absolute Gasteiger partial charge is 0.258 e. The summed E-state index contributed by atoms with van der Waals surface area (Å²) >= 11 is 1.51. The topological polar surface area (TPSA) is 77.3 Å².